The highest BCUT2D eigenvalue weighted by Gasteiger charge is 2.12. The van der Waals surface area contributed by atoms with Crippen LogP contribution in [0.2, 0.25) is 0 Å². The number of phenolic OH excluding ortho intramolecular Hbond substituents is 2. The summed E-state index contributed by atoms with van der Waals surface area (Å²) in [5, 5.41) is 33.6. The average molecular weight is 317 g/mol. The lowest BCUT2D eigenvalue weighted by molar-refractivity contribution is -0.385. The van der Waals surface area contributed by atoms with Gasteiger partial charge in [-0.05, 0) is 35.4 Å². The van der Waals surface area contributed by atoms with E-state index >= 15 is 0 Å². The third kappa shape index (κ3) is 4.10. The first-order chi connectivity index (χ1) is 11.0. The van der Waals surface area contributed by atoms with Crippen molar-refractivity contribution in [3.05, 3.63) is 57.6 Å². The molecule has 0 amide bonds. The normalized spacial score (nSPS) is 10.7. The topological polar surface area (TPSA) is 117 Å². The Bertz CT molecular complexity index is 746. The van der Waals surface area contributed by atoms with E-state index in [1.165, 1.54) is 37.6 Å². The third-order valence-corrected chi connectivity index (χ3v) is 3.03. The molecule has 120 valence electrons. The quantitative estimate of drug-likeness (QED) is 0.427. The van der Waals surface area contributed by atoms with Crippen LogP contribution in [0.5, 0.6) is 17.2 Å². The molecule has 0 aliphatic heterocycles. The molecule has 8 heteroatoms. The van der Waals surface area contributed by atoms with Gasteiger partial charge in [-0.25, -0.2) is 0 Å². The van der Waals surface area contributed by atoms with E-state index in [0.29, 0.717) is 11.3 Å². The predicted octanol–water partition coefficient (Wildman–Crippen LogP) is 2.14. The Labute approximate surface area is 131 Å². The summed E-state index contributed by atoms with van der Waals surface area (Å²) < 4.78 is 4.99. The fraction of sp³-hybridized carbons (Fsp3) is 0.133. The lowest BCUT2D eigenvalue weighted by Crippen LogP contribution is -2.05. The number of nitrogens with one attached hydrogen (secondary N) is 1. The number of nitro groups is 1. The number of phenols is 2. The minimum atomic E-state index is -0.650. The van der Waals surface area contributed by atoms with Crippen molar-refractivity contribution in [3.8, 4) is 17.2 Å². The molecule has 2 rings (SSSR count). The first-order valence-electron chi connectivity index (χ1n) is 6.60. The van der Waals surface area contributed by atoms with Gasteiger partial charge in [0.2, 0.25) is 0 Å². The van der Waals surface area contributed by atoms with E-state index in [1.807, 2.05) is 0 Å². The smallest absolute Gasteiger partial charge is 0.310 e. The summed E-state index contributed by atoms with van der Waals surface area (Å²) in [6, 6.07) is 8.86. The maximum Gasteiger partial charge on any atom is 0.310 e. The second-order valence-electron chi connectivity index (χ2n) is 4.60. The van der Waals surface area contributed by atoms with E-state index < -0.39 is 4.92 Å². The molecule has 0 spiro atoms. The van der Waals surface area contributed by atoms with Gasteiger partial charge in [0.15, 0.2) is 17.2 Å². The van der Waals surface area contributed by atoms with Gasteiger partial charge < -0.3 is 20.4 Å². The van der Waals surface area contributed by atoms with Gasteiger partial charge in [0.05, 0.1) is 24.8 Å². The van der Waals surface area contributed by atoms with Crippen LogP contribution in [-0.4, -0.2) is 28.5 Å². The number of nitro benzene ring substituents is 1. The van der Waals surface area contributed by atoms with Crippen LogP contribution < -0.4 is 10.2 Å². The van der Waals surface area contributed by atoms with Crippen LogP contribution in [0, 0.1) is 10.1 Å². The Hall–Kier alpha value is -3.29. The Morgan fingerprint density at radius 3 is 2.70 bits per heavy atom. The molecular formula is C15H15N3O5. The molecule has 0 saturated carbocycles. The van der Waals surface area contributed by atoms with Gasteiger partial charge in [0.1, 0.15) is 0 Å². The van der Waals surface area contributed by atoms with Crippen LogP contribution >= 0.6 is 0 Å². The van der Waals surface area contributed by atoms with Crippen molar-refractivity contribution >= 4 is 11.9 Å². The SMILES string of the molecule is COc1cc(C=NNCc2ccc([N+](=O)[O-])c(O)c2)ccc1O. The van der Waals surface area contributed by atoms with Crippen molar-refractivity contribution in [1.82, 2.24) is 5.43 Å². The van der Waals surface area contributed by atoms with Crippen molar-refractivity contribution in [3.63, 3.8) is 0 Å². The van der Waals surface area contributed by atoms with Crippen LogP contribution in [0.3, 0.4) is 0 Å². The number of benzene rings is 2. The van der Waals surface area contributed by atoms with Gasteiger partial charge in [0.25, 0.3) is 0 Å². The lowest BCUT2D eigenvalue weighted by atomic mass is 10.2. The number of rotatable bonds is 6. The number of nitrogens with zero attached hydrogens (tertiary/aromatic N) is 2. The van der Waals surface area contributed by atoms with Crippen LogP contribution in [0.4, 0.5) is 5.69 Å². The molecule has 0 aromatic heterocycles. The molecule has 2 aromatic rings. The van der Waals surface area contributed by atoms with Crippen molar-refractivity contribution in [1.29, 1.82) is 0 Å². The molecule has 23 heavy (non-hydrogen) atoms. The molecule has 8 nitrogen and oxygen atoms in total. The van der Waals surface area contributed by atoms with Gasteiger partial charge in [0, 0.05) is 6.07 Å². The molecule has 0 fully saturated rings. The van der Waals surface area contributed by atoms with E-state index in [4.69, 9.17) is 4.74 Å². The predicted molar refractivity (Wildman–Crippen MR) is 83.9 cm³/mol. The highest BCUT2D eigenvalue weighted by atomic mass is 16.6. The van der Waals surface area contributed by atoms with Crippen LogP contribution in [-0.2, 0) is 6.54 Å². The number of hydrogen-bond donors (Lipinski definition) is 3. The largest absolute Gasteiger partial charge is 0.504 e. The first-order valence-corrected chi connectivity index (χ1v) is 6.60. The second-order valence-corrected chi connectivity index (χ2v) is 4.60. The molecule has 0 unspecified atom stereocenters. The van der Waals surface area contributed by atoms with Gasteiger partial charge in [-0.1, -0.05) is 6.07 Å². The van der Waals surface area contributed by atoms with Gasteiger partial charge in [-0.3, -0.25) is 10.1 Å². The summed E-state index contributed by atoms with van der Waals surface area (Å²) in [5.74, 6) is -0.00486. The summed E-state index contributed by atoms with van der Waals surface area (Å²) in [6.45, 7) is 0.289. The zero-order valence-corrected chi connectivity index (χ0v) is 12.3. The Morgan fingerprint density at radius 2 is 2.04 bits per heavy atom. The average Bonchev–Trinajstić information content (AvgIpc) is 2.52. The minimum Gasteiger partial charge on any atom is -0.504 e. The second kappa shape index (κ2) is 7.12. The number of hydrazone groups is 1. The Balaban J connectivity index is 1.97. The number of methoxy groups -OCH3 is 1. The summed E-state index contributed by atoms with van der Waals surface area (Å²) >= 11 is 0. The van der Waals surface area contributed by atoms with E-state index in [0.717, 1.165) is 5.56 Å². The van der Waals surface area contributed by atoms with Gasteiger partial charge in [-0.2, -0.15) is 5.10 Å². The molecule has 0 radical (unpaired) electrons. The van der Waals surface area contributed by atoms with Gasteiger partial charge >= 0.3 is 5.69 Å². The molecule has 3 N–H and O–H groups in total. The molecular weight excluding hydrogens is 302 g/mol. The zero-order chi connectivity index (χ0) is 16.8. The standard InChI is InChI=1S/C15H15N3O5/c1-23-15-7-11(3-5-13(15)19)9-17-16-8-10-2-4-12(18(21)22)14(20)6-10/h2-7,9,16,19-20H,8H2,1H3. The van der Waals surface area contributed by atoms with Crippen molar-refractivity contribution in [2.75, 3.05) is 7.11 Å². The summed E-state index contributed by atoms with van der Waals surface area (Å²) in [5.41, 5.74) is 3.79. The summed E-state index contributed by atoms with van der Waals surface area (Å²) in [6.07, 6.45) is 1.53. The highest BCUT2D eigenvalue weighted by Crippen LogP contribution is 2.26. The van der Waals surface area contributed by atoms with Crippen molar-refractivity contribution in [2.45, 2.75) is 6.54 Å². The maximum absolute atomic E-state index is 10.6. The third-order valence-electron chi connectivity index (χ3n) is 3.03. The number of hydrogen-bond acceptors (Lipinski definition) is 7. The van der Waals surface area contributed by atoms with Gasteiger partial charge in [-0.15, -0.1) is 0 Å². The van der Waals surface area contributed by atoms with Crippen LogP contribution in [0.25, 0.3) is 0 Å². The molecule has 0 aliphatic rings. The van der Waals surface area contributed by atoms with Crippen molar-refractivity contribution < 1.29 is 19.9 Å². The van der Waals surface area contributed by atoms with E-state index in [2.05, 4.69) is 10.5 Å². The van der Waals surface area contributed by atoms with E-state index in [-0.39, 0.29) is 23.7 Å². The van der Waals surface area contributed by atoms with E-state index in [9.17, 15) is 20.3 Å². The highest BCUT2D eigenvalue weighted by molar-refractivity contribution is 5.80. The number of aromatic hydroxyl groups is 2. The maximum atomic E-state index is 10.6. The molecule has 0 saturated heterocycles. The summed E-state index contributed by atoms with van der Waals surface area (Å²) in [7, 11) is 1.45. The molecule has 0 heterocycles. The van der Waals surface area contributed by atoms with E-state index in [1.54, 1.807) is 12.1 Å². The fourth-order valence-electron chi connectivity index (χ4n) is 1.86. The number of ether oxygens (including phenoxy) is 1. The van der Waals surface area contributed by atoms with Crippen LogP contribution in [0.1, 0.15) is 11.1 Å². The first kappa shape index (κ1) is 16.1. The fourth-order valence-corrected chi connectivity index (χ4v) is 1.86. The van der Waals surface area contributed by atoms with Crippen molar-refractivity contribution in [2.24, 2.45) is 5.10 Å². The molecule has 0 bridgehead atoms. The Kier molecular flexibility index (Phi) is 4.98. The molecule has 0 atom stereocenters. The summed E-state index contributed by atoms with van der Waals surface area (Å²) in [4.78, 5) is 9.96. The monoisotopic (exact) mass is 317 g/mol. The zero-order valence-electron chi connectivity index (χ0n) is 12.3. The molecule has 2 aromatic carbocycles. The minimum absolute atomic E-state index is 0.0407. The van der Waals surface area contributed by atoms with Crippen LogP contribution in [0.15, 0.2) is 41.5 Å². The molecule has 0 aliphatic carbocycles. The lowest BCUT2D eigenvalue weighted by Gasteiger charge is -2.04. The Morgan fingerprint density at radius 1 is 1.26 bits per heavy atom.